The summed E-state index contributed by atoms with van der Waals surface area (Å²) in [6.45, 7) is 14.9. The van der Waals surface area contributed by atoms with Crippen molar-refractivity contribution in [3.63, 3.8) is 0 Å². The predicted molar refractivity (Wildman–Crippen MR) is 71.6 cm³/mol. The van der Waals surface area contributed by atoms with E-state index < -0.39 is 0 Å². The van der Waals surface area contributed by atoms with E-state index in [0.29, 0.717) is 18.4 Å². The molecular weight excluding hydrogens is 214 g/mol. The first-order valence-electron chi connectivity index (χ1n) is 6.46. The number of esters is 1. The molecule has 0 unspecified atom stereocenters. The van der Waals surface area contributed by atoms with Crippen molar-refractivity contribution in [3.05, 3.63) is 11.8 Å². The molecule has 0 atom stereocenters. The van der Waals surface area contributed by atoms with Crippen LogP contribution in [0.25, 0.3) is 0 Å². The van der Waals surface area contributed by atoms with Crippen LogP contribution in [0.15, 0.2) is 11.8 Å². The fraction of sp³-hybridized carbons (Fsp3) is 0.786. The highest BCUT2D eigenvalue weighted by Gasteiger charge is 2.11. The summed E-state index contributed by atoms with van der Waals surface area (Å²) < 4.78 is 4.93. The first kappa shape index (κ1) is 16.0. The summed E-state index contributed by atoms with van der Waals surface area (Å²) in [7, 11) is 0. The van der Waals surface area contributed by atoms with Crippen LogP contribution in [0, 0.1) is 11.8 Å². The Kier molecular flexibility index (Phi) is 7.68. The van der Waals surface area contributed by atoms with E-state index in [-0.39, 0.29) is 5.97 Å². The molecule has 0 rings (SSSR count). The van der Waals surface area contributed by atoms with Gasteiger partial charge in [0.25, 0.3) is 0 Å². The van der Waals surface area contributed by atoms with Crippen LogP contribution in [-0.4, -0.2) is 30.6 Å². The lowest BCUT2D eigenvalue weighted by Crippen LogP contribution is -2.30. The number of hydrogen-bond acceptors (Lipinski definition) is 3. The molecule has 17 heavy (non-hydrogen) atoms. The summed E-state index contributed by atoms with van der Waals surface area (Å²) in [5, 5.41) is 0. The molecule has 0 aromatic carbocycles. The van der Waals surface area contributed by atoms with Crippen molar-refractivity contribution in [1.82, 2.24) is 4.90 Å². The van der Waals surface area contributed by atoms with E-state index in [4.69, 9.17) is 4.74 Å². The third-order valence-electron chi connectivity index (χ3n) is 2.28. The van der Waals surface area contributed by atoms with Crippen molar-refractivity contribution in [2.24, 2.45) is 11.8 Å². The van der Waals surface area contributed by atoms with Crippen molar-refractivity contribution in [2.45, 2.75) is 41.5 Å². The minimum Gasteiger partial charge on any atom is -0.463 e. The molecule has 0 saturated heterocycles. The van der Waals surface area contributed by atoms with Gasteiger partial charge in [0.1, 0.15) is 0 Å². The van der Waals surface area contributed by atoms with Gasteiger partial charge in [-0.1, -0.05) is 27.7 Å². The summed E-state index contributed by atoms with van der Waals surface area (Å²) in [6, 6.07) is 0. The molecule has 0 aliphatic carbocycles. The summed E-state index contributed by atoms with van der Waals surface area (Å²) in [4.78, 5) is 13.7. The normalized spacial score (nSPS) is 12.1. The Morgan fingerprint density at radius 1 is 1.18 bits per heavy atom. The highest BCUT2D eigenvalue weighted by molar-refractivity contribution is 5.82. The van der Waals surface area contributed by atoms with Crippen LogP contribution in [0.5, 0.6) is 0 Å². The van der Waals surface area contributed by atoms with Crippen molar-refractivity contribution in [2.75, 3.05) is 19.7 Å². The lowest BCUT2D eigenvalue weighted by molar-refractivity contribution is -0.137. The molecule has 0 amide bonds. The molecule has 0 aliphatic heterocycles. The third kappa shape index (κ3) is 7.83. The standard InChI is InChI=1S/C14H27NO2/c1-7-17-14(16)8-13(6)15(9-11(2)3)10-12(4)5/h8,11-12H,7,9-10H2,1-6H3/b13-8+. The number of hydrogen-bond donors (Lipinski definition) is 0. The van der Waals surface area contributed by atoms with Gasteiger partial charge in [-0.15, -0.1) is 0 Å². The van der Waals surface area contributed by atoms with Crippen LogP contribution in [0.2, 0.25) is 0 Å². The molecule has 3 nitrogen and oxygen atoms in total. The van der Waals surface area contributed by atoms with Crippen LogP contribution in [-0.2, 0) is 9.53 Å². The summed E-state index contributed by atoms with van der Waals surface area (Å²) in [6.07, 6.45) is 1.59. The molecule has 0 saturated carbocycles. The maximum absolute atomic E-state index is 11.4. The molecule has 0 heterocycles. The van der Waals surface area contributed by atoms with Crippen molar-refractivity contribution < 1.29 is 9.53 Å². The predicted octanol–water partition coefficient (Wildman–Crippen LogP) is 3.07. The van der Waals surface area contributed by atoms with Crippen molar-refractivity contribution in [3.8, 4) is 0 Å². The van der Waals surface area contributed by atoms with Crippen LogP contribution >= 0.6 is 0 Å². The van der Waals surface area contributed by atoms with E-state index in [9.17, 15) is 4.79 Å². The Morgan fingerprint density at radius 2 is 1.65 bits per heavy atom. The molecule has 0 spiro atoms. The molecule has 0 bridgehead atoms. The van der Waals surface area contributed by atoms with E-state index in [0.717, 1.165) is 18.8 Å². The van der Waals surface area contributed by atoms with Crippen molar-refractivity contribution >= 4 is 5.97 Å². The van der Waals surface area contributed by atoms with Gasteiger partial charge in [-0.3, -0.25) is 0 Å². The Morgan fingerprint density at radius 3 is 2.00 bits per heavy atom. The third-order valence-corrected chi connectivity index (χ3v) is 2.28. The van der Waals surface area contributed by atoms with Crippen molar-refractivity contribution in [1.29, 1.82) is 0 Å². The minimum absolute atomic E-state index is 0.248. The summed E-state index contributed by atoms with van der Waals surface area (Å²) >= 11 is 0. The van der Waals surface area contributed by atoms with Gasteiger partial charge in [0.2, 0.25) is 0 Å². The smallest absolute Gasteiger partial charge is 0.332 e. The lowest BCUT2D eigenvalue weighted by atomic mass is 10.1. The first-order chi connectivity index (χ1) is 7.86. The molecule has 0 aliphatic rings. The molecule has 0 radical (unpaired) electrons. The SMILES string of the molecule is CCOC(=O)/C=C(\C)N(CC(C)C)CC(C)C. The van der Waals surface area contributed by atoms with Gasteiger partial charge in [-0.25, -0.2) is 4.79 Å². The quantitative estimate of drug-likeness (QED) is 0.507. The highest BCUT2D eigenvalue weighted by Crippen LogP contribution is 2.11. The first-order valence-corrected chi connectivity index (χ1v) is 6.46. The van der Waals surface area contributed by atoms with Gasteiger partial charge in [0.15, 0.2) is 0 Å². The molecular formula is C14H27NO2. The number of carbonyl (C=O) groups excluding carboxylic acids is 1. The van der Waals surface area contributed by atoms with Gasteiger partial charge >= 0.3 is 5.97 Å². The van der Waals surface area contributed by atoms with Crippen LogP contribution in [0.3, 0.4) is 0 Å². The van der Waals surface area contributed by atoms with Gasteiger partial charge in [-0.05, 0) is 25.7 Å². The van der Waals surface area contributed by atoms with Crippen LogP contribution in [0.4, 0.5) is 0 Å². The molecule has 0 N–H and O–H groups in total. The minimum atomic E-state index is -0.248. The Balaban J connectivity index is 4.60. The van der Waals surface area contributed by atoms with E-state index in [1.165, 1.54) is 0 Å². The Hall–Kier alpha value is -0.990. The number of rotatable bonds is 7. The zero-order valence-electron chi connectivity index (χ0n) is 12.1. The van der Waals surface area contributed by atoms with Crippen LogP contribution in [0.1, 0.15) is 41.5 Å². The average Bonchev–Trinajstić information content (AvgIpc) is 2.15. The zero-order valence-corrected chi connectivity index (χ0v) is 12.1. The van der Waals surface area contributed by atoms with Gasteiger partial charge in [-0.2, -0.15) is 0 Å². The number of ether oxygens (including phenoxy) is 1. The van der Waals surface area contributed by atoms with Crippen LogP contribution < -0.4 is 0 Å². The zero-order chi connectivity index (χ0) is 13.4. The second-order valence-electron chi connectivity index (χ2n) is 5.23. The summed E-state index contributed by atoms with van der Waals surface area (Å²) in [5.41, 5.74) is 0.992. The highest BCUT2D eigenvalue weighted by atomic mass is 16.5. The van der Waals surface area contributed by atoms with E-state index >= 15 is 0 Å². The van der Waals surface area contributed by atoms with E-state index in [1.54, 1.807) is 6.08 Å². The monoisotopic (exact) mass is 241 g/mol. The molecule has 0 aromatic rings. The lowest BCUT2D eigenvalue weighted by Gasteiger charge is -2.28. The topological polar surface area (TPSA) is 29.5 Å². The number of allylic oxidation sites excluding steroid dienone is 1. The second-order valence-corrected chi connectivity index (χ2v) is 5.23. The van der Waals surface area contributed by atoms with Gasteiger partial charge in [0, 0.05) is 24.9 Å². The van der Waals surface area contributed by atoms with E-state index in [1.807, 2.05) is 13.8 Å². The Labute approximate surface area is 106 Å². The molecule has 100 valence electrons. The molecule has 0 aromatic heterocycles. The maximum Gasteiger partial charge on any atom is 0.332 e. The number of nitrogens with zero attached hydrogens (tertiary/aromatic N) is 1. The van der Waals surface area contributed by atoms with E-state index in [2.05, 4.69) is 32.6 Å². The fourth-order valence-electron chi connectivity index (χ4n) is 1.69. The Bertz CT molecular complexity index is 247. The fourth-order valence-corrected chi connectivity index (χ4v) is 1.69. The summed E-state index contributed by atoms with van der Waals surface area (Å²) in [5.74, 6) is 0.918. The molecule has 0 fully saturated rings. The average molecular weight is 241 g/mol. The second kappa shape index (κ2) is 8.15. The number of carbonyl (C=O) groups is 1. The molecule has 3 heteroatoms. The largest absolute Gasteiger partial charge is 0.463 e. The van der Waals surface area contributed by atoms with Gasteiger partial charge in [0.05, 0.1) is 6.61 Å². The maximum atomic E-state index is 11.4. The van der Waals surface area contributed by atoms with Gasteiger partial charge < -0.3 is 9.64 Å².